The molecule has 0 radical (unpaired) electrons. The Morgan fingerprint density at radius 3 is 3.00 bits per heavy atom. The van der Waals surface area contributed by atoms with Crippen LogP contribution in [-0.4, -0.2) is 35.5 Å². The van der Waals surface area contributed by atoms with E-state index in [2.05, 4.69) is 46.0 Å². The van der Waals surface area contributed by atoms with Crippen molar-refractivity contribution in [2.24, 2.45) is 0 Å². The molecule has 3 rings (SSSR count). The van der Waals surface area contributed by atoms with Crippen LogP contribution in [0.15, 0.2) is 18.2 Å². The summed E-state index contributed by atoms with van der Waals surface area (Å²) in [6.07, 6.45) is 4.21. The zero-order chi connectivity index (χ0) is 13.2. The molecule has 1 saturated heterocycles. The largest absolute Gasteiger partial charge is 0.374 e. The van der Waals surface area contributed by atoms with Crippen molar-refractivity contribution < 1.29 is 4.74 Å². The van der Waals surface area contributed by atoms with E-state index in [4.69, 9.17) is 4.74 Å². The number of aryl methyl sites for hydroxylation is 2. The van der Waals surface area contributed by atoms with Crippen molar-refractivity contribution in [2.45, 2.75) is 44.9 Å². The van der Waals surface area contributed by atoms with Crippen LogP contribution in [0.3, 0.4) is 0 Å². The van der Waals surface area contributed by atoms with Crippen LogP contribution < -0.4 is 0 Å². The first-order valence-electron chi connectivity index (χ1n) is 7.28. The van der Waals surface area contributed by atoms with E-state index in [-0.39, 0.29) is 0 Å². The van der Waals surface area contributed by atoms with E-state index in [0.29, 0.717) is 12.1 Å². The van der Waals surface area contributed by atoms with E-state index in [1.165, 1.54) is 24.8 Å². The number of ether oxygens (including phenoxy) is 1. The fourth-order valence-electron chi connectivity index (χ4n) is 3.15. The fourth-order valence-corrected chi connectivity index (χ4v) is 3.54. The molecule has 1 aromatic carbocycles. The average Bonchev–Trinajstić information content (AvgIpc) is 2.89. The van der Waals surface area contributed by atoms with Crippen LogP contribution in [0.5, 0.6) is 0 Å². The highest BCUT2D eigenvalue weighted by Gasteiger charge is 2.25. The summed E-state index contributed by atoms with van der Waals surface area (Å²) in [4.78, 5) is 2.55. The number of hydrogen-bond acceptors (Lipinski definition) is 2. The molecule has 0 bridgehead atoms. The molecule has 2 unspecified atom stereocenters. The van der Waals surface area contributed by atoms with Crippen molar-refractivity contribution in [3.05, 3.63) is 34.9 Å². The van der Waals surface area contributed by atoms with Gasteiger partial charge in [0.15, 0.2) is 0 Å². The van der Waals surface area contributed by atoms with Gasteiger partial charge in [0.1, 0.15) is 0 Å². The summed E-state index contributed by atoms with van der Waals surface area (Å²) in [5.74, 6) is 0. The van der Waals surface area contributed by atoms with E-state index < -0.39 is 0 Å². The minimum atomic E-state index is 0.339. The van der Waals surface area contributed by atoms with Gasteiger partial charge in [-0.1, -0.05) is 34.1 Å². The molecule has 1 heterocycles. The molecule has 19 heavy (non-hydrogen) atoms. The van der Waals surface area contributed by atoms with E-state index in [0.717, 1.165) is 25.0 Å². The molecular weight excluding hydrogens is 302 g/mol. The van der Waals surface area contributed by atoms with Crippen molar-refractivity contribution in [1.82, 2.24) is 4.90 Å². The molecule has 1 aliphatic carbocycles. The lowest BCUT2D eigenvalue weighted by Gasteiger charge is -2.37. The first-order valence-corrected chi connectivity index (χ1v) is 8.40. The Hall–Kier alpha value is -0.380. The lowest BCUT2D eigenvalue weighted by atomic mass is 10.1. The first kappa shape index (κ1) is 13.6. The summed E-state index contributed by atoms with van der Waals surface area (Å²) in [5.41, 5.74) is 4.61. The second-order valence-corrected chi connectivity index (χ2v) is 6.49. The van der Waals surface area contributed by atoms with Gasteiger partial charge in [0.2, 0.25) is 0 Å². The Labute approximate surface area is 124 Å². The third-order valence-corrected chi connectivity index (χ3v) is 5.08. The van der Waals surface area contributed by atoms with Crippen molar-refractivity contribution in [3.63, 3.8) is 0 Å². The Bertz CT molecular complexity index is 448. The molecule has 2 aliphatic rings. The normalized spacial score (nSPS) is 27.5. The summed E-state index contributed by atoms with van der Waals surface area (Å²) in [6, 6.07) is 7.59. The molecule has 0 saturated carbocycles. The summed E-state index contributed by atoms with van der Waals surface area (Å²) >= 11 is 3.53. The van der Waals surface area contributed by atoms with Crippen molar-refractivity contribution in [1.29, 1.82) is 0 Å². The minimum absolute atomic E-state index is 0.339. The second-order valence-electron chi connectivity index (χ2n) is 5.84. The zero-order valence-electron chi connectivity index (χ0n) is 11.6. The Balaban J connectivity index is 1.69. The maximum absolute atomic E-state index is 5.79. The van der Waals surface area contributed by atoms with E-state index in [1.54, 1.807) is 11.1 Å². The molecule has 0 aromatic heterocycles. The molecule has 2 nitrogen and oxygen atoms in total. The highest BCUT2D eigenvalue weighted by Crippen LogP contribution is 2.24. The number of nitrogens with zero attached hydrogens (tertiary/aromatic N) is 1. The monoisotopic (exact) mass is 323 g/mol. The Morgan fingerprint density at radius 2 is 2.16 bits per heavy atom. The van der Waals surface area contributed by atoms with E-state index in [1.807, 2.05) is 0 Å². The van der Waals surface area contributed by atoms with Crippen LogP contribution in [-0.2, 0) is 24.1 Å². The quantitative estimate of drug-likeness (QED) is 0.792. The van der Waals surface area contributed by atoms with E-state index in [9.17, 15) is 0 Å². The van der Waals surface area contributed by atoms with Crippen LogP contribution >= 0.6 is 15.9 Å². The van der Waals surface area contributed by atoms with Crippen LogP contribution in [0.4, 0.5) is 0 Å². The van der Waals surface area contributed by atoms with Crippen LogP contribution in [0, 0.1) is 0 Å². The molecule has 3 heteroatoms. The highest BCUT2D eigenvalue weighted by atomic mass is 79.9. The number of halogens is 1. The second kappa shape index (κ2) is 5.94. The molecule has 104 valence electrons. The molecule has 0 amide bonds. The number of rotatable bonds is 3. The molecule has 2 atom stereocenters. The number of alkyl halides is 1. The summed E-state index contributed by atoms with van der Waals surface area (Å²) in [6.45, 7) is 5.20. The third kappa shape index (κ3) is 3.04. The predicted molar refractivity (Wildman–Crippen MR) is 81.9 cm³/mol. The predicted octanol–water partition coefficient (Wildman–Crippen LogP) is 3.16. The van der Waals surface area contributed by atoms with Crippen molar-refractivity contribution in [3.8, 4) is 0 Å². The zero-order valence-corrected chi connectivity index (χ0v) is 13.2. The maximum Gasteiger partial charge on any atom is 0.0799 e. The van der Waals surface area contributed by atoms with Gasteiger partial charge in [-0.15, -0.1) is 0 Å². The summed E-state index contributed by atoms with van der Waals surface area (Å²) in [7, 11) is 0. The number of fused-ring (bicyclic) bond motifs is 1. The van der Waals surface area contributed by atoms with Gasteiger partial charge >= 0.3 is 0 Å². The standard InChI is InChI=1S/C16H22BrNO/c1-12-11-19-16(8-17)10-18(12)9-13-5-6-14-3-2-4-15(14)7-13/h5-7,12,16H,2-4,8-11H2,1H3. The smallest absolute Gasteiger partial charge is 0.0799 e. The van der Waals surface area contributed by atoms with Gasteiger partial charge < -0.3 is 4.74 Å². The molecule has 1 aromatic rings. The van der Waals surface area contributed by atoms with Gasteiger partial charge in [-0.05, 0) is 42.9 Å². The first-order chi connectivity index (χ1) is 9.26. The molecule has 1 aliphatic heterocycles. The van der Waals surface area contributed by atoms with Crippen molar-refractivity contribution >= 4 is 15.9 Å². The SMILES string of the molecule is CC1COC(CBr)CN1Cc1ccc2c(c1)CCC2. The van der Waals surface area contributed by atoms with Crippen LogP contribution in [0.25, 0.3) is 0 Å². The number of morpholine rings is 1. The molecule has 1 fully saturated rings. The van der Waals surface area contributed by atoms with Gasteiger partial charge in [0.25, 0.3) is 0 Å². The summed E-state index contributed by atoms with van der Waals surface area (Å²) in [5, 5.41) is 0.931. The Kier molecular flexibility index (Phi) is 4.25. The van der Waals surface area contributed by atoms with E-state index >= 15 is 0 Å². The Morgan fingerprint density at radius 1 is 1.32 bits per heavy atom. The fraction of sp³-hybridized carbons (Fsp3) is 0.625. The third-order valence-electron chi connectivity index (χ3n) is 4.36. The topological polar surface area (TPSA) is 12.5 Å². The van der Waals surface area contributed by atoms with Crippen LogP contribution in [0.2, 0.25) is 0 Å². The maximum atomic E-state index is 5.79. The van der Waals surface area contributed by atoms with Gasteiger partial charge in [-0.2, -0.15) is 0 Å². The van der Waals surface area contributed by atoms with Gasteiger partial charge in [-0.25, -0.2) is 0 Å². The van der Waals surface area contributed by atoms with Crippen LogP contribution in [0.1, 0.15) is 30.0 Å². The minimum Gasteiger partial charge on any atom is -0.374 e. The molecule has 0 spiro atoms. The average molecular weight is 324 g/mol. The van der Waals surface area contributed by atoms with Crippen molar-refractivity contribution in [2.75, 3.05) is 18.5 Å². The molecular formula is C16H22BrNO. The van der Waals surface area contributed by atoms with Gasteiger partial charge in [-0.3, -0.25) is 4.90 Å². The highest BCUT2D eigenvalue weighted by molar-refractivity contribution is 9.09. The molecule has 0 N–H and O–H groups in total. The number of benzene rings is 1. The lowest BCUT2D eigenvalue weighted by molar-refractivity contribution is -0.0499. The van der Waals surface area contributed by atoms with Gasteiger partial charge in [0, 0.05) is 24.5 Å². The number of hydrogen-bond donors (Lipinski definition) is 0. The van der Waals surface area contributed by atoms with Gasteiger partial charge in [0.05, 0.1) is 12.7 Å². The lowest BCUT2D eigenvalue weighted by Crippen LogP contribution is -2.48. The summed E-state index contributed by atoms with van der Waals surface area (Å²) < 4.78 is 5.79.